The van der Waals surface area contributed by atoms with E-state index in [1.165, 1.54) is 0 Å². The lowest BCUT2D eigenvalue weighted by atomic mass is 9.90. The molecule has 0 aromatic carbocycles. The van der Waals surface area contributed by atoms with Gasteiger partial charge in [0.15, 0.2) is 11.8 Å². The Morgan fingerprint density at radius 1 is 1.20 bits per heavy atom. The van der Waals surface area contributed by atoms with Crippen LogP contribution >= 0.6 is 0 Å². The highest BCUT2D eigenvalue weighted by Gasteiger charge is 2.39. The molecule has 1 amide bonds. The van der Waals surface area contributed by atoms with E-state index in [4.69, 9.17) is 5.84 Å². The van der Waals surface area contributed by atoms with E-state index in [0.717, 1.165) is 6.29 Å². The normalized spacial score (nSPS) is 15.8. The van der Waals surface area contributed by atoms with Crippen molar-refractivity contribution in [1.29, 1.82) is 0 Å². The van der Waals surface area contributed by atoms with Crippen LogP contribution in [0.4, 0.5) is 0 Å². The van der Waals surface area contributed by atoms with E-state index in [1.54, 1.807) is 0 Å². The second kappa shape index (κ2) is 8.78. The quantitative estimate of drug-likeness (QED) is 0.144. The molecule has 0 bridgehead atoms. The number of nitrogens with two attached hydrogens (primary N) is 1. The van der Waals surface area contributed by atoms with Crippen molar-refractivity contribution in [3.05, 3.63) is 0 Å². The van der Waals surface area contributed by atoms with Gasteiger partial charge in [-0.3, -0.25) is 10.2 Å². The number of hydrogen-bond acceptors (Lipinski definition) is 6. The molecule has 5 N–H and O–H groups in total. The Labute approximate surface area is 120 Å². The molecule has 0 aromatic heterocycles. The Balaban J connectivity index is 4.92. The van der Waals surface area contributed by atoms with Crippen LogP contribution in [0.1, 0.15) is 40.5 Å². The predicted molar refractivity (Wildman–Crippen MR) is 76.2 cm³/mol. The van der Waals surface area contributed by atoms with Crippen molar-refractivity contribution in [2.75, 3.05) is 0 Å². The maximum atomic E-state index is 11.9. The van der Waals surface area contributed by atoms with Gasteiger partial charge in [0.25, 0.3) is 5.91 Å². The van der Waals surface area contributed by atoms with E-state index in [-0.39, 0.29) is 12.3 Å². The van der Waals surface area contributed by atoms with Gasteiger partial charge in [0.1, 0.15) is 6.29 Å². The number of rotatable bonds is 10. The maximum Gasteiger partial charge on any atom is 0.262 e. The van der Waals surface area contributed by atoms with Crippen LogP contribution in [0.15, 0.2) is 0 Å². The van der Waals surface area contributed by atoms with Gasteiger partial charge in [-0.15, -0.1) is 0 Å². The lowest BCUT2D eigenvalue weighted by Gasteiger charge is -2.30. The molecule has 0 aliphatic carbocycles. The van der Waals surface area contributed by atoms with Crippen LogP contribution in [0, 0.1) is 11.8 Å². The van der Waals surface area contributed by atoms with Gasteiger partial charge in [-0.2, -0.15) is 0 Å². The highest BCUT2D eigenvalue weighted by atomic mass is 16.2. The van der Waals surface area contributed by atoms with Gasteiger partial charge < -0.3 is 9.59 Å². The molecule has 116 valence electrons. The van der Waals surface area contributed by atoms with E-state index in [9.17, 15) is 14.4 Å². The summed E-state index contributed by atoms with van der Waals surface area (Å²) in [6.45, 7) is 7.72. The summed E-state index contributed by atoms with van der Waals surface area (Å²) in [6.07, 6.45) is 2.12. The van der Waals surface area contributed by atoms with Gasteiger partial charge in [0, 0.05) is 0 Å². The Morgan fingerprint density at radius 2 is 1.80 bits per heavy atom. The summed E-state index contributed by atoms with van der Waals surface area (Å²) in [5.41, 5.74) is 5.93. The van der Waals surface area contributed by atoms with E-state index in [1.807, 2.05) is 33.1 Å². The molecule has 0 radical (unpaired) electrons. The van der Waals surface area contributed by atoms with Crippen molar-refractivity contribution in [1.82, 2.24) is 16.3 Å². The molecule has 7 nitrogen and oxygen atoms in total. The third-order valence-corrected chi connectivity index (χ3v) is 2.84. The lowest BCUT2D eigenvalue weighted by Crippen LogP contribution is -2.65. The van der Waals surface area contributed by atoms with Gasteiger partial charge in [-0.1, -0.05) is 27.7 Å². The first-order valence-electron chi connectivity index (χ1n) is 6.76. The standard InChI is InChI=1S/C13H26N4O3/c1-9(2)5-11(7-18)16-17-13(8-19,6-10(3)4)12(20)15-14/h7-11,16-17H,5-6,14H2,1-4H3,(H,15,20)/t11-,13-/m0/s1. The molecule has 0 aromatic rings. The third-order valence-electron chi connectivity index (χ3n) is 2.84. The van der Waals surface area contributed by atoms with Crippen molar-refractivity contribution in [2.45, 2.75) is 52.1 Å². The summed E-state index contributed by atoms with van der Waals surface area (Å²) in [5, 5.41) is 0. The number of amides is 1. The first kappa shape index (κ1) is 18.7. The largest absolute Gasteiger partial charge is 0.302 e. The zero-order chi connectivity index (χ0) is 15.8. The number of hydrogen-bond donors (Lipinski definition) is 4. The van der Waals surface area contributed by atoms with Gasteiger partial charge >= 0.3 is 0 Å². The second-order valence-electron chi connectivity index (χ2n) is 5.80. The highest BCUT2D eigenvalue weighted by Crippen LogP contribution is 2.15. The first-order valence-corrected chi connectivity index (χ1v) is 6.76. The Hall–Kier alpha value is -1.31. The molecule has 0 unspecified atom stereocenters. The third kappa shape index (κ3) is 5.77. The minimum Gasteiger partial charge on any atom is -0.302 e. The van der Waals surface area contributed by atoms with Gasteiger partial charge in [0.2, 0.25) is 0 Å². The van der Waals surface area contributed by atoms with Crippen LogP contribution in [0.5, 0.6) is 0 Å². The van der Waals surface area contributed by atoms with E-state index < -0.39 is 17.5 Å². The molecular weight excluding hydrogens is 260 g/mol. The summed E-state index contributed by atoms with van der Waals surface area (Å²) < 4.78 is 0. The zero-order valence-corrected chi connectivity index (χ0v) is 12.6. The van der Waals surface area contributed by atoms with Crippen molar-refractivity contribution in [2.24, 2.45) is 17.7 Å². The number of carbonyl (C=O) groups is 3. The molecule has 0 spiro atoms. The van der Waals surface area contributed by atoms with Crippen LogP contribution in [0.2, 0.25) is 0 Å². The monoisotopic (exact) mass is 286 g/mol. The molecular formula is C13H26N4O3. The molecule has 0 rings (SSSR count). The summed E-state index contributed by atoms with van der Waals surface area (Å²) >= 11 is 0. The molecule has 2 atom stereocenters. The number of nitrogens with one attached hydrogen (secondary N) is 3. The fourth-order valence-corrected chi connectivity index (χ4v) is 1.98. The Morgan fingerprint density at radius 3 is 2.15 bits per heavy atom. The zero-order valence-electron chi connectivity index (χ0n) is 12.6. The first-order chi connectivity index (χ1) is 9.31. The minimum atomic E-state index is -1.48. The number of carbonyl (C=O) groups excluding carboxylic acids is 3. The van der Waals surface area contributed by atoms with E-state index >= 15 is 0 Å². The smallest absolute Gasteiger partial charge is 0.262 e. The van der Waals surface area contributed by atoms with Crippen LogP contribution in [0.3, 0.4) is 0 Å². The SMILES string of the molecule is CC(C)C[C@@H](C=O)NN[C@](C=O)(CC(C)C)C(=O)NN. The van der Waals surface area contributed by atoms with Crippen molar-refractivity contribution < 1.29 is 14.4 Å². The Bertz CT molecular complexity index is 334. The van der Waals surface area contributed by atoms with Gasteiger partial charge in [0.05, 0.1) is 6.04 Å². The summed E-state index contributed by atoms with van der Waals surface area (Å²) in [6, 6.07) is -0.480. The van der Waals surface area contributed by atoms with E-state index in [0.29, 0.717) is 18.6 Å². The van der Waals surface area contributed by atoms with Crippen LogP contribution < -0.4 is 22.1 Å². The topological polar surface area (TPSA) is 113 Å². The van der Waals surface area contributed by atoms with Crippen molar-refractivity contribution >= 4 is 18.5 Å². The van der Waals surface area contributed by atoms with Crippen LogP contribution in [-0.2, 0) is 14.4 Å². The lowest BCUT2D eigenvalue weighted by molar-refractivity contribution is -0.134. The average Bonchev–Trinajstić information content (AvgIpc) is 2.39. The molecule has 0 heterocycles. The summed E-state index contributed by atoms with van der Waals surface area (Å²) in [5.74, 6) is 4.89. The molecule has 0 fully saturated rings. The maximum absolute atomic E-state index is 11.9. The fourth-order valence-electron chi connectivity index (χ4n) is 1.98. The average molecular weight is 286 g/mol. The number of aldehydes is 2. The molecule has 0 saturated heterocycles. The summed E-state index contributed by atoms with van der Waals surface area (Å²) in [4.78, 5) is 34.2. The molecule has 0 aliphatic rings. The molecule has 7 heteroatoms. The molecule has 20 heavy (non-hydrogen) atoms. The van der Waals surface area contributed by atoms with Gasteiger partial charge in [-0.25, -0.2) is 16.7 Å². The summed E-state index contributed by atoms with van der Waals surface area (Å²) in [7, 11) is 0. The van der Waals surface area contributed by atoms with Crippen molar-refractivity contribution in [3.8, 4) is 0 Å². The highest BCUT2D eigenvalue weighted by molar-refractivity contribution is 6.01. The van der Waals surface area contributed by atoms with Crippen LogP contribution in [0.25, 0.3) is 0 Å². The fraction of sp³-hybridized carbons (Fsp3) is 0.769. The second-order valence-corrected chi connectivity index (χ2v) is 5.80. The van der Waals surface area contributed by atoms with Crippen LogP contribution in [-0.4, -0.2) is 30.1 Å². The Kier molecular flexibility index (Phi) is 8.21. The van der Waals surface area contributed by atoms with Crippen molar-refractivity contribution in [3.63, 3.8) is 0 Å². The molecule has 0 aliphatic heterocycles. The van der Waals surface area contributed by atoms with E-state index in [2.05, 4.69) is 10.9 Å². The number of hydrazine groups is 2. The molecule has 0 saturated carbocycles. The minimum absolute atomic E-state index is 0.0894. The van der Waals surface area contributed by atoms with Gasteiger partial charge in [-0.05, 0) is 24.7 Å². The predicted octanol–water partition coefficient (Wildman–Crippen LogP) is -0.332.